The van der Waals surface area contributed by atoms with E-state index in [4.69, 9.17) is 13.9 Å². The lowest BCUT2D eigenvalue weighted by Crippen LogP contribution is -2.48. The molecule has 1 spiro atoms. The Morgan fingerprint density at radius 1 is 1.00 bits per heavy atom. The summed E-state index contributed by atoms with van der Waals surface area (Å²) in [7, 11) is 1.68. The molecular weight excluding hydrogens is 815 g/mol. The lowest BCUT2D eigenvalue weighted by atomic mass is 9.84. The third-order valence-corrected chi connectivity index (χ3v) is 14.4. The van der Waals surface area contributed by atoms with Crippen molar-refractivity contribution in [3.63, 3.8) is 0 Å². The fourth-order valence-electron chi connectivity index (χ4n) is 10.7. The number of benzene rings is 2. The zero-order chi connectivity index (χ0) is 44.0. The lowest BCUT2D eigenvalue weighted by molar-refractivity contribution is -0.135. The Bertz CT molecular complexity index is 2720. The summed E-state index contributed by atoms with van der Waals surface area (Å²) in [5, 5.41) is 15.4. The van der Waals surface area contributed by atoms with E-state index in [0.29, 0.717) is 45.8 Å². The van der Waals surface area contributed by atoms with Gasteiger partial charge in [0, 0.05) is 89.9 Å². The molecule has 15 heteroatoms. The van der Waals surface area contributed by atoms with Gasteiger partial charge in [0.05, 0.1) is 34.1 Å². The number of aromatic nitrogens is 3. The van der Waals surface area contributed by atoms with Gasteiger partial charge < -0.3 is 34.1 Å². The predicted octanol–water partition coefficient (Wildman–Crippen LogP) is 5.32. The number of nitrogens with zero attached hydrogens (tertiary/aromatic N) is 5. The van der Waals surface area contributed by atoms with E-state index in [1.807, 2.05) is 18.2 Å². The molecule has 2 aromatic carbocycles. The van der Waals surface area contributed by atoms with E-state index in [2.05, 4.69) is 49.4 Å². The van der Waals surface area contributed by atoms with Gasteiger partial charge in [0.2, 0.25) is 11.8 Å². The predicted molar refractivity (Wildman–Crippen MR) is 240 cm³/mol. The number of hydrogen-bond donors (Lipinski definition) is 3. The van der Waals surface area contributed by atoms with Crippen LogP contribution >= 0.6 is 0 Å². The van der Waals surface area contributed by atoms with E-state index in [1.165, 1.54) is 15.4 Å². The molecule has 3 aromatic heterocycles. The van der Waals surface area contributed by atoms with E-state index >= 15 is 0 Å². The maximum atomic E-state index is 13.7. The smallest absolute Gasteiger partial charge is 0.329 e. The molecule has 334 valence electrons. The number of imidazole rings is 1. The summed E-state index contributed by atoms with van der Waals surface area (Å²) in [6, 6.07) is 12.6. The molecule has 1 atom stereocenters. The molecule has 4 fully saturated rings. The number of para-hydroxylation sites is 1. The molecule has 1 saturated carbocycles. The highest BCUT2D eigenvalue weighted by Gasteiger charge is 2.43. The van der Waals surface area contributed by atoms with Crippen molar-refractivity contribution in [2.45, 2.75) is 88.4 Å². The molecular formula is C49H55N7O8. The molecule has 0 radical (unpaired) electrons. The Morgan fingerprint density at radius 3 is 2.59 bits per heavy atom. The van der Waals surface area contributed by atoms with Crippen molar-refractivity contribution in [1.29, 1.82) is 0 Å². The molecule has 1 aliphatic carbocycles. The van der Waals surface area contributed by atoms with E-state index < -0.39 is 11.9 Å². The molecule has 3 amide bonds. The summed E-state index contributed by atoms with van der Waals surface area (Å²) >= 11 is 0. The van der Waals surface area contributed by atoms with Crippen LogP contribution in [0.4, 0.5) is 11.4 Å². The number of fused-ring (bicyclic) bond motifs is 3. The number of aryl methyl sites for hydroxylation is 1. The van der Waals surface area contributed by atoms with Crippen LogP contribution in [-0.4, -0.2) is 99.5 Å². The fraction of sp³-hybridized carbons (Fsp3) is 0.490. The standard InChI is InChI=1S/C49H55N7O8/c1-53-45-33(5-2-7-38(45)56(48(53)61)39-13-14-43(58)52-47(39)60)6-4-24-62-35-11-9-31(10-12-35)28-54-22-17-49(18-23-54)27-34-25-37(51-46(59)36-30-63-41-8-3-19-50-44(36)41)40(26-42(34)64-49)55-20-15-32(29-57)16-21-55/h2-3,5,7-8,19,25-26,30-32,35,39,57H,9-18,20-24,27-29H2,1H3,(H,51,59)(H,52,58,60). The van der Waals surface area contributed by atoms with Crippen molar-refractivity contribution in [1.82, 2.24) is 24.3 Å². The highest BCUT2D eigenvalue weighted by molar-refractivity contribution is 6.12. The lowest BCUT2D eigenvalue weighted by Gasteiger charge is -2.40. The number of pyridine rings is 1. The number of anilines is 2. The summed E-state index contributed by atoms with van der Waals surface area (Å²) in [6.07, 6.45) is 12.4. The molecule has 64 heavy (non-hydrogen) atoms. The summed E-state index contributed by atoms with van der Waals surface area (Å²) in [5.41, 5.74) is 5.70. The highest BCUT2D eigenvalue weighted by Crippen LogP contribution is 2.46. The maximum absolute atomic E-state index is 13.7. The van der Waals surface area contributed by atoms with Gasteiger partial charge in [0.1, 0.15) is 41.3 Å². The second kappa shape index (κ2) is 17.6. The molecule has 1 unspecified atom stereocenters. The normalized spacial score (nSPS) is 22.6. The monoisotopic (exact) mass is 869 g/mol. The molecule has 5 aliphatic rings. The van der Waals surface area contributed by atoms with Gasteiger partial charge in [0.15, 0.2) is 5.58 Å². The molecule has 3 N–H and O–H groups in total. The Labute approximate surface area is 371 Å². The van der Waals surface area contributed by atoms with Crippen LogP contribution in [0, 0.1) is 23.7 Å². The zero-order valence-corrected chi connectivity index (χ0v) is 36.3. The second-order valence-electron chi connectivity index (χ2n) is 18.4. The van der Waals surface area contributed by atoms with Crippen molar-refractivity contribution in [3.8, 4) is 17.6 Å². The van der Waals surface area contributed by atoms with Crippen LogP contribution in [0.2, 0.25) is 0 Å². The molecule has 7 heterocycles. The Balaban J connectivity index is 0.726. The number of carbonyl (C=O) groups excluding carboxylic acids is 3. The van der Waals surface area contributed by atoms with Crippen LogP contribution in [-0.2, 0) is 27.8 Å². The minimum absolute atomic E-state index is 0.158. The number of carbonyl (C=O) groups is 3. The number of rotatable bonds is 9. The van der Waals surface area contributed by atoms with Gasteiger partial charge in [-0.15, -0.1) is 0 Å². The van der Waals surface area contributed by atoms with Gasteiger partial charge in [-0.2, -0.15) is 0 Å². The summed E-state index contributed by atoms with van der Waals surface area (Å²) in [4.78, 5) is 60.7. The van der Waals surface area contributed by atoms with Gasteiger partial charge >= 0.3 is 5.69 Å². The molecule has 10 rings (SSSR count). The van der Waals surface area contributed by atoms with Gasteiger partial charge in [-0.25, -0.2) is 4.79 Å². The van der Waals surface area contributed by atoms with Gasteiger partial charge in [-0.3, -0.25) is 33.8 Å². The Morgan fingerprint density at radius 2 is 1.81 bits per heavy atom. The maximum Gasteiger partial charge on any atom is 0.329 e. The Kier molecular flexibility index (Phi) is 11.5. The van der Waals surface area contributed by atoms with Crippen molar-refractivity contribution in [3.05, 3.63) is 82.1 Å². The van der Waals surface area contributed by atoms with Gasteiger partial charge in [-0.1, -0.05) is 17.9 Å². The van der Waals surface area contributed by atoms with Gasteiger partial charge in [0.25, 0.3) is 5.91 Å². The minimum Gasteiger partial charge on any atom is -0.486 e. The van der Waals surface area contributed by atoms with Crippen LogP contribution in [0.5, 0.6) is 5.75 Å². The topological polar surface area (TPSA) is 173 Å². The number of hydrogen-bond acceptors (Lipinski definition) is 11. The number of amides is 3. The molecule has 15 nitrogen and oxygen atoms in total. The minimum atomic E-state index is -0.741. The second-order valence-corrected chi connectivity index (χ2v) is 18.4. The third-order valence-electron chi connectivity index (χ3n) is 14.4. The quantitative estimate of drug-likeness (QED) is 0.129. The third kappa shape index (κ3) is 8.19. The number of imide groups is 1. The van der Waals surface area contributed by atoms with E-state index in [-0.39, 0.29) is 54.6 Å². The largest absolute Gasteiger partial charge is 0.486 e. The van der Waals surface area contributed by atoms with Crippen molar-refractivity contribution in [2.24, 2.45) is 18.9 Å². The molecule has 5 aromatic rings. The van der Waals surface area contributed by atoms with Gasteiger partial charge in [-0.05, 0) is 87.1 Å². The summed E-state index contributed by atoms with van der Waals surface area (Å²) in [5.74, 6) is 7.14. The summed E-state index contributed by atoms with van der Waals surface area (Å²) in [6.45, 7) is 5.08. The van der Waals surface area contributed by atoms with Crippen LogP contribution in [0.25, 0.3) is 22.1 Å². The number of piperidine rings is 3. The highest BCUT2D eigenvalue weighted by atomic mass is 16.5. The average Bonchev–Trinajstić information content (AvgIpc) is 3.98. The van der Waals surface area contributed by atoms with E-state index in [0.717, 1.165) is 113 Å². The van der Waals surface area contributed by atoms with Crippen LogP contribution in [0.15, 0.2) is 64.1 Å². The first-order valence-electron chi connectivity index (χ1n) is 22.9. The van der Waals surface area contributed by atoms with E-state index in [9.17, 15) is 24.3 Å². The van der Waals surface area contributed by atoms with Crippen molar-refractivity contribution in [2.75, 3.05) is 56.2 Å². The number of aliphatic hydroxyl groups is 1. The fourth-order valence-corrected chi connectivity index (χ4v) is 10.7. The number of aliphatic hydroxyl groups excluding tert-OH is 1. The van der Waals surface area contributed by atoms with Crippen LogP contribution in [0.1, 0.15) is 91.7 Å². The van der Waals surface area contributed by atoms with Crippen LogP contribution < -0.4 is 26.0 Å². The summed E-state index contributed by atoms with van der Waals surface area (Å²) < 4.78 is 21.8. The van der Waals surface area contributed by atoms with Crippen LogP contribution in [0.3, 0.4) is 0 Å². The number of furan rings is 1. The first kappa shape index (κ1) is 42.0. The first-order chi connectivity index (χ1) is 31.1. The molecule has 0 bridgehead atoms. The van der Waals surface area contributed by atoms with E-state index in [1.54, 1.807) is 25.4 Å². The number of likely N-dealkylation sites (tertiary alicyclic amines) is 1. The van der Waals surface area contributed by atoms with Crippen molar-refractivity contribution >= 4 is 51.2 Å². The Hall–Kier alpha value is -5.95. The zero-order valence-electron chi connectivity index (χ0n) is 36.3. The average molecular weight is 870 g/mol. The molecule has 4 aliphatic heterocycles. The van der Waals surface area contributed by atoms with Crippen molar-refractivity contribution < 1.29 is 33.4 Å². The number of nitrogens with one attached hydrogen (secondary N) is 2. The SMILES string of the molecule is Cn1c(=O)n(C2CCC(=O)NC2=O)c2cccc(C#CCOC3CCC(CN4CCC5(CC4)Cc4cc(NC(=O)c6coc7cccnc67)c(N6CCC(CO)CC6)cc4O5)CC3)c21. The molecule has 3 saturated heterocycles. The number of ether oxygens (including phenoxy) is 2. The first-order valence-corrected chi connectivity index (χ1v) is 22.9.